The number of fused-ring (bicyclic) bond motifs is 3. The summed E-state index contributed by atoms with van der Waals surface area (Å²) in [6.07, 6.45) is 6.13. The molecule has 0 unspecified atom stereocenters. The van der Waals surface area contributed by atoms with Gasteiger partial charge in [-0.25, -0.2) is 0 Å². The first-order valence-electron chi connectivity index (χ1n) is 7.49. The van der Waals surface area contributed by atoms with Gasteiger partial charge >= 0.3 is 0 Å². The molecule has 3 rings (SSSR count). The molecule has 2 heteroatoms. The van der Waals surface area contributed by atoms with E-state index in [1.165, 1.54) is 36.2 Å². The number of aryl methyl sites for hydroxylation is 1. The average Bonchev–Trinajstić information content (AvgIpc) is 2.44. The molecule has 1 aliphatic carbocycles. The van der Waals surface area contributed by atoms with E-state index in [2.05, 4.69) is 44.3 Å². The van der Waals surface area contributed by atoms with Crippen molar-refractivity contribution in [2.45, 2.75) is 58.4 Å². The summed E-state index contributed by atoms with van der Waals surface area (Å²) in [5.74, 6) is 0.773. The van der Waals surface area contributed by atoms with Gasteiger partial charge in [-0.1, -0.05) is 25.8 Å². The maximum absolute atomic E-state index is 4.97. The Kier molecular flexibility index (Phi) is 3.12. The van der Waals surface area contributed by atoms with Crippen molar-refractivity contribution >= 4 is 17.1 Å². The Morgan fingerprint density at radius 2 is 2.21 bits per heavy atom. The fourth-order valence-corrected chi connectivity index (χ4v) is 3.48. The van der Waals surface area contributed by atoms with Gasteiger partial charge in [0.15, 0.2) is 0 Å². The predicted octanol–water partition coefficient (Wildman–Crippen LogP) is 4.85. The van der Waals surface area contributed by atoms with E-state index in [1.54, 1.807) is 0 Å². The SMILES string of the molecule is Cc1ccc2c(c1)N=C1C[C@H](C)CCC[C@](C)(C1)N2. The van der Waals surface area contributed by atoms with Crippen LogP contribution >= 0.6 is 0 Å². The normalized spacial score (nSPS) is 30.3. The molecule has 2 atom stereocenters. The number of nitrogens with zero attached hydrogens (tertiary/aromatic N) is 1. The molecule has 2 bridgehead atoms. The molecule has 0 aromatic heterocycles. The number of aliphatic imine (C=N–C) groups is 1. The third-order valence-corrected chi connectivity index (χ3v) is 4.47. The van der Waals surface area contributed by atoms with E-state index < -0.39 is 0 Å². The van der Waals surface area contributed by atoms with Crippen LogP contribution in [0.4, 0.5) is 11.4 Å². The molecule has 1 aromatic carbocycles. The van der Waals surface area contributed by atoms with E-state index in [-0.39, 0.29) is 5.54 Å². The van der Waals surface area contributed by atoms with Crippen molar-refractivity contribution in [2.75, 3.05) is 5.32 Å². The summed E-state index contributed by atoms with van der Waals surface area (Å²) < 4.78 is 0. The van der Waals surface area contributed by atoms with Crippen LogP contribution in [0.15, 0.2) is 23.2 Å². The van der Waals surface area contributed by atoms with Crippen LogP contribution in [0.25, 0.3) is 0 Å². The molecule has 1 fully saturated rings. The lowest BCUT2D eigenvalue weighted by atomic mass is 9.81. The minimum Gasteiger partial charge on any atom is -0.378 e. The van der Waals surface area contributed by atoms with Gasteiger partial charge in [-0.05, 0) is 50.3 Å². The summed E-state index contributed by atoms with van der Waals surface area (Å²) >= 11 is 0. The van der Waals surface area contributed by atoms with Crippen molar-refractivity contribution in [3.05, 3.63) is 23.8 Å². The third kappa shape index (κ3) is 2.68. The minimum atomic E-state index is 0.180. The van der Waals surface area contributed by atoms with Crippen molar-refractivity contribution in [3.8, 4) is 0 Å². The molecule has 1 N–H and O–H groups in total. The Balaban J connectivity index is 2.06. The minimum absolute atomic E-state index is 0.180. The van der Waals surface area contributed by atoms with Crippen molar-refractivity contribution in [3.63, 3.8) is 0 Å². The largest absolute Gasteiger partial charge is 0.378 e. The summed E-state index contributed by atoms with van der Waals surface area (Å²) in [5.41, 5.74) is 5.19. The lowest BCUT2D eigenvalue weighted by Crippen LogP contribution is -2.37. The highest BCUT2D eigenvalue weighted by molar-refractivity contribution is 5.92. The Bertz CT molecular complexity index is 518. The molecule has 0 spiro atoms. The summed E-state index contributed by atoms with van der Waals surface area (Å²) in [6, 6.07) is 6.57. The van der Waals surface area contributed by atoms with Gasteiger partial charge in [-0.2, -0.15) is 0 Å². The first kappa shape index (κ1) is 12.7. The van der Waals surface area contributed by atoms with Gasteiger partial charge in [0.1, 0.15) is 0 Å². The summed E-state index contributed by atoms with van der Waals surface area (Å²) in [7, 11) is 0. The molecule has 102 valence electrons. The molecule has 19 heavy (non-hydrogen) atoms. The standard InChI is InChI=1S/C17H24N2/c1-12-5-4-8-17(3)11-14(9-12)18-16-10-13(2)6-7-15(16)19-17/h6-7,10,12,19H,4-5,8-9,11H2,1-3H3/t12-,17-/m1/s1. The second-order valence-electron chi connectivity index (χ2n) is 6.76. The van der Waals surface area contributed by atoms with Crippen LogP contribution in [0.3, 0.4) is 0 Å². The van der Waals surface area contributed by atoms with Crippen LogP contribution in [-0.2, 0) is 0 Å². The summed E-state index contributed by atoms with van der Waals surface area (Å²) in [6.45, 7) is 6.86. The van der Waals surface area contributed by atoms with E-state index in [0.717, 1.165) is 24.4 Å². The van der Waals surface area contributed by atoms with Gasteiger partial charge in [-0.3, -0.25) is 4.99 Å². The molecule has 1 aliphatic heterocycles. The highest BCUT2D eigenvalue weighted by Crippen LogP contribution is 2.38. The van der Waals surface area contributed by atoms with E-state index in [0.29, 0.717) is 0 Å². The molecular weight excluding hydrogens is 232 g/mol. The summed E-state index contributed by atoms with van der Waals surface area (Å²) in [5, 5.41) is 3.76. The molecule has 2 aliphatic rings. The van der Waals surface area contributed by atoms with E-state index in [1.807, 2.05) is 0 Å². The molecule has 0 amide bonds. The molecule has 0 saturated heterocycles. The smallest absolute Gasteiger partial charge is 0.0863 e. The zero-order chi connectivity index (χ0) is 13.5. The van der Waals surface area contributed by atoms with E-state index >= 15 is 0 Å². The highest BCUT2D eigenvalue weighted by Gasteiger charge is 2.31. The van der Waals surface area contributed by atoms with Gasteiger partial charge in [0.05, 0.1) is 11.4 Å². The number of anilines is 1. The van der Waals surface area contributed by atoms with Crippen LogP contribution in [0, 0.1) is 12.8 Å². The van der Waals surface area contributed by atoms with Gasteiger partial charge in [0, 0.05) is 17.7 Å². The van der Waals surface area contributed by atoms with Crippen LogP contribution < -0.4 is 5.32 Å². The monoisotopic (exact) mass is 256 g/mol. The Labute approximate surface area is 116 Å². The maximum atomic E-state index is 4.97. The maximum Gasteiger partial charge on any atom is 0.0863 e. The number of rotatable bonds is 0. The highest BCUT2D eigenvalue weighted by atomic mass is 15.0. The third-order valence-electron chi connectivity index (χ3n) is 4.47. The molecular formula is C17H24N2. The number of benzene rings is 1. The van der Waals surface area contributed by atoms with Gasteiger partial charge in [0.25, 0.3) is 0 Å². The summed E-state index contributed by atoms with van der Waals surface area (Å²) in [4.78, 5) is 4.97. The predicted molar refractivity (Wildman–Crippen MR) is 82.6 cm³/mol. The van der Waals surface area contributed by atoms with Gasteiger partial charge < -0.3 is 5.32 Å². The average molecular weight is 256 g/mol. The molecule has 2 nitrogen and oxygen atoms in total. The van der Waals surface area contributed by atoms with Crippen molar-refractivity contribution in [1.29, 1.82) is 0 Å². The zero-order valence-electron chi connectivity index (χ0n) is 12.3. The topological polar surface area (TPSA) is 24.4 Å². The molecule has 1 aromatic rings. The second-order valence-corrected chi connectivity index (χ2v) is 6.76. The van der Waals surface area contributed by atoms with E-state index in [4.69, 9.17) is 4.99 Å². The fourth-order valence-electron chi connectivity index (χ4n) is 3.48. The van der Waals surface area contributed by atoms with Crippen LogP contribution in [0.2, 0.25) is 0 Å². The Morgan fingerprint density at radius 1 is 1.37 bits per heavy atom. The fraction of sp³-hybridized carbons (Fsp3) is 0.588. The van der Waals surface area contributed by atoms with Crippen molar-refractivity contribution in [2.24, 2.45) is 10.9 Å². The van der Waals surface area contributed by atoms with Gasteiger partial charge in [0.2, 0.25) is 0 Å². The van der Waals surface area contributed by atoms with Crippen LogP contribution in [0.5, 0.6) is 0 Å². The first-order valence-corrected chi connectivity index (χ1v) is 7.49. The Morgan fingerprint density at radius 3 is 3.05 bits per heavy atom. The van der Waals surface area contributed by atoms with Crippen molar-refractivity contribution < 1.29 is 0 Å². The zero-order valence-corrected chi connectivity index (χ0v) is 12.3. The van der Waals surface area contributed by atoms with Crippen molar-refractivity contribution in [1.82, 2.24) is 0 Å². The van der Waals surface area contributed by atoms with Crippen LogP contribution in [0.1, 0.15) is 51.5 Å². The number of hydrogen-bond acceptors (Lipinski definition) is 2. The molecule has 1 heterocycles. The second kappa shape index (κ2) is 4.66. The first-order chi connectivity index (χ1) is 9.04. The lowest BCUT2D eigenvalue weighted by Gasteiger charge is -2.34. The Hall–Kier alpha value is -1.31. The van der Waals surface area contributed by atoms with E-state index in [9.17, 15) is 0 Å². The lowest BCUT2D eigenvalue weighted by molar-refractivity contribution is 0.403. The van der Waals surface area contributed by atoms with Crippen LogP contribution in [-0.4, -0.2) is 11.3 Å². The molecule has 0 radical (unpaired) electrons. The van der Waals surface area contributed by atoms with Gasteiger partial charge in [-0.15, -0.1) is 0 Å². The number of nitrogens with one attached hydrogen (secondary N) is 1. The molecule has 1 saturated carbocycles. The quantitative estimate of drug-likeness (QED) is 0.705. The number of hydrogen-bond donors (Lipinski definition) is 1.